The van der Waals surface area contributed by atoms with E-state index in [9.17, 15) is 9.59 Å². The second-order valence-electron chi connectivity index (χ2n) is 5.46. The van der Waals surface area contributed by atoms with Crippen molar-refractivity contribution in [1.29, 1.82) is 0 Å². The third-order valence-electron chi connectivity index (χ3n) is 3.08. The lowest BCUT2D eigenvalue weighted by atomic mass is 10.1. The van der Waals surface area contributed by atoms with E-state index in [1.165, 1.54) is 0 Å². The molecule has 3 amide bonds. The first kappa shape index (κ1) is 17.0. The molecule has 0 bridgehead atoms. The minimum atomic E-state index is -0.191. The van der Waals surface area contributed by atoms with Gasteiger partial charge in [0.1, 0.15) is 0 Å². The molecule has 1 aromatic rings. The standard InChI is InChI=1S/C16H25N3O2/c1-5-12(4)19-15(20)14-8-6-13(7-9-14)10-17-16(21)18-11(2)3/h6-9,11-12H,5,10H2,1-4H3,(H,19,20)(H2,17,18,21). The average Bonchev–Trinajstić information content (AvgIpc) is 2.44. The molecule has 1 unspecified atom stereocenters. The summed E-state index contributed by atoms with van der Waals surface area (Å²) in [5.41, 5.74) is 1.58. The van der Waals surface area contributed by atoms with Gasteiger partial charge in [0.15, 0.2) is 0 Å². The van der Waals surface area contributed by atoms with E-state index in [1.54, 1.807) is 12.1 Å². The van der Waals surface area contributed by atoms with Crippen LogP contribution >= 0.6 is 0 Å². The highest BCUT2D eigenvalue weighted by Crippen LogP contribution is 2.05. The van der Waals surface area contributed by atoms with E-state index in [1.807, 2.05) is 39.8 Å². The Hall–Kier alpha value is -2.04. The number of nitrogens with one attached hydrogen (secondary N) is 3. The maximum absolute atomic E-state index is 11.9. The van der Waals surface area contributed by atoms with Crippen LogP contribution in [-0.4, -0.2) is 24.0 Å². The Kier molecular flexibility index (Phi) is 6.72. The van der Waals surface area contributed by atoms with E-state index in [2.05, 4.69) is 16.0 Å². The number of amides is 3. The summed E-state index contributed by atoms with van der Waals surface area (Å²) in [6, 6.07) is 7.32. The first-order chi connectivity index (χ1) is 9.92. The highest BCUT2D eigenvalue weighted by Gasteiger charge is 2.08. The van der Waals surface area contributed by atoms with Gasteiger partial charge in [-0.1, -0.05) is 19.1 Å². The van der Waals surface area contributed by atoms with Crippen molar-refractivity contribution in [3.63, 3.8) is 0 Å². The molecule has 1 atom stereocenters. The van der Waals surface area contributed by atoms with Gasteiger partial charge in [0.25, 0.3) is 5.91 Å². The normalized spacial score (nSPS) is 11.9. The van der Waals surface area contributed by atoms with E-state index in [0.29, 0.717) is 12.1 Å². The topological polar surface area (TPSA) is 70.2 Å². The lowest BCUT2D eigenvalue weighted by Gasteiger charge is -2.12. The zero-order valence-corrected chi connectivity index (χ0v) is 13.2. The Morgan fingerprint density at radius 1 is 1.05 bits per heavy atom. The van der Waals surface area contributed by atoms with Gasteiger partial charge in [-0.2, -0.15) is 0 Å². The molecule has 3 N–H and O–H groups in total. The largest absolute Gasteiger partial charge is 0.350 e. The molecular weight excluding hydrogens is 266 g/mol. The van der Waals surface area contributed by atoms with Gasteiger partial charge in [0.2, 0.25) is 0 Å². The van der Waals surface area contributed by atoms with Crippen LogP contribution in [0, 0.1) is 0 Å². The average molecular weight is 291 g/mol. The van der Waals surface area contributed by atoms with Crippen LogP contribution in [0.5, 0.6) is 0 Å². The van der Waals surface area contributed by atoms with Crippen molar-refractivity contribution in [3.8, 4) is 0 Å². The molecule has 0 radical (unpaired) electrons. The molecule has 0 aliphatic heterocycles. The Morgan fingerprint density at radius 2 is 1.67 bits per heavy atom. The number of hydrogen-bond donors (Lipinski definition) is 3. The quantitative estimate of drug-likeness (QED) is 0.753. The summed E-state index contributed by atoms with van der Waals surface area (Å²) in [5, 5.41) is 8.44. The van der Waals surface area contributed by atoms with Crippen LogP contribution in [-0.2, 0) is 6.54 Å². The zero-order valence-electron chi connectivity index (χ0n) is 13.2. The van der Waals surface area contributed by atoms with Gasteiger partial charge in [0.05, 0.1) is 0 Å². The van der Waals surface area contributed by atoms with Crippen molar-refractivity contribution in [1.82, 2.24) is 16.0 Å². The summed E-state index contributed by atoms with van der Waals surface area (Å²) in [7, 11) is 0. The van der Waals surface area contributed by atoms with Crippen LogP contribution in [0.1, 0.15) is 50.0 Å². The molecule has 5 nitrogen and oxygen atoms in total. The number of benzene rings is 1. The molecule has 1 aromatic carbocycles. The van der Waals surface area contributed by atoms with Crippen LogP contribution in [0.4, 0.5) is 4.79 Å². The van der Waals surface area contributed by atoms with Crippen LogP contribution in [0.25, 0.3) is 0 Å². The Labute approximate surface area is 126 Å². The van der Waals surface area contributed by atoms with E-state index in [4.69, 9.17) is 0 Å². The number of hydrogen-bond acceptors (Lipinski definition) is 2. The third kappa shape index (κ3) is 6.29. The van der Waals surface area contributed by atoms with Crippen molar-refractivity contribution < 1.29 is 9.59 Å². The maximum Gasteiger partial charge on any atom is 0.315 e. The van der Waals surface area contributed by atoms with Gasteiger partial charge in [-0.15, -0.1) is 0 Å². The first-order valence-corrected chi connectivity index (χ1v) is 7.36. The highest BCUT2D eigenvalue weighted by molar-refractivity contribution is 5.94. The minimum Gasteiger partial charge on any atom is -0.350 e. The molecule has 5 heteroatoms. The smallest absolute Gasteiger partial charge is 0.315 e. The number of carbonyl (C=O) groups is 2. The SMILES string of the molecule is CCC(C)NC(=O)c1ccc(CNC(=O)NC(C)C)cc1. The van der Waals surface area contributed by atoms with E-state index < -0.39 is 0 Å². The van der Waals surface area contributed by atoms with Crippen molar-refractivity contribution in [2.45, 2.75) is 52.7 Å². The lowest BCUT2D eigenvalue weighted by Crippen LogP contribution is -2.39. The molecular formula is C16H25N3O2. The fraction of sp³-hybridized carbons (Fsp3) is 0.500. The third-order valence-corrected chi connectivity index (χ3v) is 3.08. The summed E-state index contributed by atoms with van der Waals surface area (Å²) in [4.78, 5) is 23.4. The molecule has 0 saturated carbocycles. The number of urea groups is 1. The zero-order chi connectivity index (χ0) is 15.8. The van der Waals surface area contributed by atoms with Gasteiger partial charge in [0, 0.05) is 24.2 Å². The molecule has 0 fully saturated rings. The molecule has 1 rings (SSSR count). The van der Waals surface area contributed by atoms with Gasteiger partial charge < -0.3 is 16.0 Å². The molecule has 0 heterocycles. The molecule has 0 aromatic heterocycles. The molecule has 116 valence electrons. The fourth-order valence-electron chi connectivity index (χ4n) is 1.68. The summed E-state index contributed by atoms with van der Waals surface area (Å²) in [6.45, 7) is 8.26. The fourth-order valence-corrected chi connectivity index (χ4v) is 1.68. The number of carbonyl (C=O) groups excluding carboxylic acids is 2. The van der Waals surface area contributed by atoms with Crippen LogP contribution in [0.3, 0.4) is 0 Å². The highest BCUT2D eigenvalue weighted by atomic mass is 16.2. The second-order valence-corrected chi connectivity index (χ2v) is 5.46. The minimum absolute atomic E-state index is 0.0681. The molecule has 0 spiro atoms. The van der Waals surface area contributed by atoms with Gasteiger partial charge in [-0.25, -0.2) is 4.79 Å². The molecule has 21 heavy (non-hydrogen) atoms. The monoisotopic (exact) mass is 291 g/mol. The lowest BCUT2D eigenvalue weighted by molar-refractivity contribution is 0.0939. The van der Waals surface area contributed by atoms with E-state index >= 15 is 0 Å². The van der Waals surface area contributed by atoms with Crippen LogP contribution < -0.4 is 16.0 Å². The molecule has 0 aliphatic rings. The summed E-state index contributed by atoms with van der Waals surface area (Å²) < 4.78 is 0. The van der Waals surface area contributed by atoms with Crippen molar-refractivity contribution in [2.24, 2.45) is 0 Å². The predicted octanol–water partition coefficient (Wildman–Crippen LogP) is 2.42. The van der Waals surface area contributed by atoms with Crippen LogP contribution in [0.2, 0.25) is 0 Å². The summed E-state index contributed by atoms with van der Waals surface area (Å²) >= 11 is 0. The number of rotatable bonds is 6. The van der Waals surface area contributed by atoms with E-state index in [0.717, 1.165) is 12.0 Å². The second kappa shape index (κ2) is 8.29. The Balaban J connectivity index is 2.50. The first-order valence-electron chi connectivity index (χ1n) is 7.36. The van der Waals surface area contributed by atoms with Crippen LogP contribution in [0.15, 0.2) is 24.3 Å². The Morgan fingerprint density at radius 3 is 2.19 bits per heavy atom. The van der Waals surface area contributed by atoms with Gasteiger partial charge >= 0.3 is 6.03 Å². The molecule has 0 saturated heterocycles. The van der Waals surface area contributed by atoms with Gasteiger partial charge in [-0.3, -0.25) is 4.79 Å². The van der Waals surface area contributed by atoms with Crippen molar-refractivity contribution >= 4 is 11.9 Å². The predicted molar refractivity (Wildman–Crippen MR) is 84.2 cm³/mol. The maximum atomic E-state index is 11.9. The van der Waals surface area contributed by atoms with Crippen molar-refractivity contribution in [3.05, 3.63) is 35.4 Å². The summed E-state index contributed by atoms with van der Waals surface area (Å²) in [6.07, 6.45) is 0.901. The van der Waals surface area contributed by atoms with E-state index in [-0.39, 0.29) is 24.0 Å². The molecule has 0 aliphatic carbocycles. The van der Waals surface area contributed by atoms with Gasteiger partial charge in [-0.05, 0) is 44.9 Å². The Bertz CT molecular complexity index is 469. The van der Waals surface area contributed by atoms with Crippen molar-refractivity contribution in [2.75, 3.05) is 0 Å². The summed E-state index contributed by atoms with van der Waals surface area (Å²) in [5.74, 6) is -0.0681.